The molecule has 5 rings (SSSR count). The third-order valence-corrected chi connectivity index (χ3v) is 5.60. The molecule has 1 aromatic heterocycles. The van der Waals surface area contributed by atoms with Gasteiger partial charge in [-0.3, -0.25) is 4.90 Å². The summed E-state index contributed by atoms with van der Waals surface area (Å²) in [4.78, 5) is 2.35. The second kappa shape index (κ2) is 6.84. The first kappa shape index (κ1) is 17.1. The summed E-state index contributed by atoms with van der Waals surface area (Å²) in [5.74, 6) is 1.04. The summed E-state index contributed by atoms with van der Waals surface area (Å²) >= 11 is 0. The molecule has 0 radical (unpaired) electrons. The lowest BCUT2D eigenvalue weighted by Gasteiger charge is -2.29. The lowest BCUT2D eigenvalue weighted by Crippen LogP contribution is -2.31. The van der Waals surface area contributed by atoms with Crippen LogP contribution in [0.25, 0.3) is 21.8 Å². The SMILES string of the molecule is C=CCn1c2ccccc2c2c3c(ccc21)CN(Cc1ccc(C)cc1)CO3. The molecule has 0 atom stereocenters. The molecule has 0 spiro atoms. The highest BCUT2D eigenvalue weighted by atomic mass is 16.5. The van der Waals surface area contributed by atoms with Gasteiger partial charge >= 0.3 is 0 Å². The van der Waals surface area contributed by atoms with Crippen LogP contribution in [0.15, 0.2) is 73.3 Å². The first-order valence-corrected chi connectivity index (χ1v) is 9.79. The van der Waals surface area contributed by atoms with E-state index in [2.05, 4.69) is 83.6 Å². The van der Waals surface area contributed by atoms with Crippen molar-refractivity contribution >= 4 is 21.8 Å². The fourth-order valence-electron chi connectivity index (χ4n) is 4.26. The number of allylic oxidation sites excluding steroid dienone is 1. The Balaban J connectivity index is 1.55. The highest BCUT2D eigenvalue weighted by Crippen LogP contribution is 2.40. The lowest BCUT2D eigenvalue weighted by atomic mass is 10.1. The van der Waals surface area contributed by atoms with Gasteiger partial charge in [-0.15, -0.1) is 6.58 Å². The Kier molecular flexibility index (Phi) is 4.18. The second-order valence-corrected chi connectivity index (χ2v) is 7.61. The number of para-hydroxylation sites is 1. The fourth-order valence-corrected chi connectivity index (χ4v) is 4.26. The topological polar surface area (TPSA) is 17.4 Å². The van der Waals surface area contributed by atoms with Gasteiger partial charge in [-0.2, -0.15) is 0 Å². The highest BCUT2D eigenvalue weighted by molar-refractivity contribution is 6.11. The summed E-state index contributed by atoms with van der Waals surface area (Å²) in [5, 5.41) is 2.48. The molecule has 0 saturated heterocycles. The van der Waals surface area contributed by atoms with Crippen LogP contribution in [0.5, 0.6) is 5.75 Å². The average Bonchev–Trinajstić information content (AvgIpc) is 3.04. The van der Waals surface area contributed by atoms with Crippen LogP contribution in [0, 0.1) is 6.92 Å². The normalized spacial score (nSPS) is 14.2. The van der Waals surface area contributed by atoms with Gasteiger partial charge < -0.3 is 9.30 Å². The summed E-state index contributed by atoms with van der Waals surface area (Å²) in [6, 6.07) is 21.8. The molecule has 2 heterocycles. The van der Waals surface area contributed by atoms with Crippen molar-refractivity contribution in [3.05, 3.63) is 90.0 Å². The Labute approximate surface area is 165 Å². The molecule has 1 aliphatic rings. The summed E-state index contributed by atoms with van der Waals surface area (Å²) < 4.78 is 8.65. The molecular weight excluding hydrogens is 344 g/mol. The molecule has 0 amide bonds. The monoisotopic (exact) mass is 368 g/mol. The zero-order valence-corrected chi connectivity index (χ0v) is 16.2. The number of nitrogens with zero attached hydrogens (tertiary/aromatic N) is 2. The number of aryl methyl sites for hydroxylation is 1. The van der Waals surface area contributed by atoms with E-state index in [1.807, 2.05) is 6.08 Å². The van der Waals surface area contributed by atoms with Crippen LogP contribution in [-0.2, 0) is 19.6 Å². The number of hydrogen-bond acceptors (Lipinski definition) is 2. The first-order valence-electron chi connectivity index (χ1n) is 9.79. The van der Waals surface area contributed by atoms with E-state index >= 15 is 0 Å². The molecule has 0 unspecified atom stereocenters. The van der Waals surface area contributed by atoms with Crippen LogP contribution >= 0.6 is 0 Å². The van der Waals surface area contributed by atoms with Gasteiger partial charge in [0, 0.05) is 36.1 Å². The molecule has 0 bridgehead atoms. The minimum absolute atomic E-state index is 0.612. The largest absolute Gasteiger partial charge is 0.477 e. The van der Waals surface area contributed by atoms with Gasteiger partial charge in [-0.25, -0.2) is 0 Å². The van der Waals surface area contributed by atoms with Crippen molar-refractivity contribution in [1.82, 2.24) is 9.47 Å². The van der Waals surface area contributed by atoms with E-state index < -0.39 is 0 Å². The third-order valence-electron chi connectivity index (χ3n) is 5.60. The maximum atomic E-state index is 6.33. The van der Waals surface area contributed by atoms with E-state index in [4.69, 9.17) is 4.74 Å². The van der Waals surface area contributed by atoms with E-state index in [0.29, 0.717) is 6.73 Å². The van der Waals surface area contributed by atoms with Crippen molar-refractivity contribution < 1.29 is 4.74 Å². The Morgan fingerprint density at radius 1 is 1.00 bits per heavy atom. The van der Waals surface area contributed by atoms with E-state index in [1.165, 1.54) is 38.5 Å². The zero-order chi connectivity index (χ0) is 19.1. The number of fused-ring (bicyclic) bond motifs is 5. The van der Waals surface area contributed by atoms with E-state index in [9.17, 15) is 0 Å². The molecule has 140 valence electrons. The number of aromatic nitrogens is 1. The number of rotatable bonds is 4. The van der Waals surface area contributed by atoms with Crippen molar-refractivity contribution in [2.75, 3.05) is 6.73 Å². The molecule has 28 heavy (non-hydrogen) atoms. The van der Waals surface area contributed by atoms with Crippen molar-refractivity contribution in [3.63, 3.8) is 0 Å². The number of benzene rings is 3. The summed E-state index contributed by atoms with van der Waals surface area (Å²) in [6.07, 6.45) is 1.95. The van der Waals surface area contributed by atoms with Crippen LogP contribution in [0.2, 0.25) is 0 Å². The molecule has 0 fully saturated rings. The van der Waals surface area contributed by atoms with Gasteiger partial charge in [-0.1, -0.05) is 60.2 Å². The highest BCUT2D eigenvalue weighted by Gasteiger charge is 2.23. The first-order chi connectivity index (χ1) is 13.7. The molecule has 4 aromatic rings. The summed E-state index contributed by atoms with van der Waals surface area (Å²) in [6.45, 7) is 9.26. The van der Waals surface area contributed by atoms with Gasteiger partial charge in [0.1, 0.15) is 12.5 Å². The second-order valence-electron chi connectivity index (χ2n) is 7.61. The molecule has 3 aromatic carbocycles. The Bertz CT molecular complexity index is 1170. The molecule has 1 aliphatic heterocycles. The molecule has 3 heteroatoms. The summed E-state index contributed by atoms with van der Waals surface area (Å²) in [7, 11) is 0. The van der Waals surface area contributed by atoms with E-state index in [-0.39, 0.29) is 0 Å². The average molecular weight is 368 g/mol. The quantitative estimate of drug-likeness (QED) is 0.434. The van der Waals surface area contributed by atoms with Gasteiger partial charge in [-0.05, 0) is 24.6 Å². The van der Waals surface area contributed by atoms with E-state index in [1.54, 1.807) is 0 Å². The van der Waals surface area contributed by atoms with Crippen molar-refractivity contribution in [2.24, 2.45) is 0 Å². The number of ether oxygens (including phenoxy) is 1. The predicted octanol–water partition coefficient (Wildman–Crippen LogP) is 5.64. The molecule has 0 aliphatic carbocycles. The predicted molar refractivity (Wildman–Crippen MR) is 116 cm³/mol. The molecule has 0 N–H and O–H groups in total. The maximum Gasteiger partial charge on any atom is 0.142 e. The van der Waals surface area contributed by atoms with Crippen molar-refractivity contribution in [1.29, 1.82) is 0 Å². The zero-order valence-electron chi connectivity index (χ0n) is 16.2. The minimum Gasteiger partial charge on any atom is -0.477 e. The van der Waals surface area contributed by atoms with Crippen molar-refractivity contribution in [3.8, 4) is 5.75 Å². The van der Waals surface area contributed by atoms with Gasteiger partial charge in [0.2, 0.25) is 0 Å². The Hall–Kier alpha value is -3.04. The number of hydrogen-bond donors (Lipinski definition) is 0. The fraction of sp³-hybridized carbons (Fsp3) is 0.200. The minimum atomic E-state index is 0.612. The van der Waals surface area contributed by atoms with Gasteiger partial charge in [0.05, 0.1) is 10.9 Å². The van der Waals surface area contributed by atoms with Gasteiger partial charge in [0.25, 0.3) is 0 Å². The molecular formula is C25H24N2O. The van der Waals surface area contributed by atoms with E-state index in [0.717, 1.165) is 25.4 Å². The van der Waals surface area contributed by atoms with Crippen molar-refractivity contribution in [2.45, 2.75) is 26.6 Å². The molecule has 0 saturated carbocycles. The van der Waals surface area contributed by atoms with Crippen LogP contribution in [-0.4, -0.2) is 16.2 Å². The van der Waals surface area contributed by atoms with Gasteiger partial charge in [0.15, 0.2) is 0 Å². The van der Waals surface area contributed by atoms with Crippen LogP contribution in [0.4, 0.5) is 0 Å². The maximum absolute atomic E-state index is 6.33. The Morgan fingerprint density at radius 3 is 2.64 bits per heavy atom. The smallest absolute Gasteiger partial charge is 0.142 e. The third kappa shape index (κ3) is 2.79. The van der Waals surface area contributed by atoms with Crippen LogP contribution in [0.1, 0.15) is 16.7 Å². The lowest BCUT2D eigenvalue weighted by molar-refractivity contribution is 0.0904. The summed E-state index contributed by atoms with van der Waals surface area (Å²) in [5.41, 5.74) is 6.32. The standard InChI is InChI=1S/C25H24N2O/c1-3-14-27-22-7-5-4-6-21(22)24-23(27)13-12-20-16-26(17-28-25(20)24)15-19-10-8-18(2)9-11-19/h3-13H,1,14-17H2,2H3. The van der Waals surface area contributed by atoms with Crippen LogP contribution in [0.3, 0.4) is 0 Å². The molecule has 3 nitrogen and oxygen atoms in total. The Morgan fingerprint density at radius 2 is 1.82 bits per heavy atom. The van der Waals surface area contributed by atoms with Crippen LogP contribution < -0.4 is 4.74 Å².